The molecule has 0 unspecified atom stereocenters. The molecule has 1 aromatic carbocycles. The number of carboxylic acids is 1. The summed E-state index contributed by atoms with van der Waals surface area (Å²) in [5.41, 5.74) is 1.23. The number of aryl methyl sites for hydroxylation is 2. The number of rotatable bonds is 7. The van der Waals surface area contributed by atoms with Gasteiger partial charge in [-0.1, -0.05) is 12.1 Å². The molecule has 0 saturated carbocycles. The maximum Gasteiger partial charge on any atom is 0.335 e. The molecule has 1 heterocycles. The highest BCUT2D eigenvalue weighted by Gasteiger charge is 2.10. The third-order valence-corrected chi connectivity index (χ3v) is 4.56. The predicted molar refractivity (Wildman–Crippen MR) is 89.9 cm³/mol. The Labute approximate surface area is 139 Å². The quantitative estimate of drug-likeness (QED) is 0.846. The fourth-order valence-electron chi connectivity index (χ4n) is 2.16. The molecule has 5 nitrogen and oxygen atoms in total. The van der Waals surface area contributed by atoms with Gasteiger partial charge in [0.05, 0.1) is 10.6 Å². The van der Waals surface area contributed by atoms with Crippen LogP contribution >= 0.6 is 11.3 Å². The van der Waals surface area contributed by atoms with Gasteiger partial charge in [0.1, 0.15) is 0 Å². The average Bonchev–Trinajstić information content (AvgIpc) is 2.96. The molecule has 0 bridgehead atoms. The van der Waals surface area contributed by atoms with Crippen molar-refractivity contribution in [3.05, 3.63) is 51.5 Å². The lowest BCUT2D eigenvalue weighted by molar-refractivity contribution is -0.129. The Morgan fingerprint density at radius 3 is 2.48 bits per heavy atom. The third kappa shape index (κ3) is 5.17. The Hall–Kier alpha value is -2.21. The van der Waals surface area contributed by atoms with Crippen LogP contribution in [0, 0.1) is 6.92 Å². The summed E-state index contributed by atoms with van der Waals surface area (Å²) in [5.74, 6) is -0.856. The summed E-state index contributed by atoms with van der Waals surface area (Å²) in [6.07, 6.45) is 3.65. The SMILES string of the molecule is Cc1cnc(CCN(C)C(=O)CCc2ccc(C(=O)O)cc2)s1. The van der Waals surface area contributed by atoms with E-state index in [9.17, 15) is 9.59 Å². The zero-order valence-electron chi connectivity index (χ0n) is 13.3. The van der Waals surface area contributed by atoms with E-state index in [0.29, 0.717) is 19.4 Å². The normalized spacial score (nSPS) is 10.5. The Bertz CT molecular complexity index is 679. The van der Waals surface area contributed by atoms with Crippen LogP contribution in [0.25, 0.3) is 0 Å². The van der Waals surface area contributed by atoms with Crippen molar-refractivity contribution in [2.24, 2.45) is 0 Å². The number of likely N-dealkylation sites (N-methyl/N-ethyl adjacent to an activating group) is 1. The van der Waals surface area contributed by atoms with Crippen LogP contribution in [-0.4, -0.2) is 40.5 Å². The first kappa shape index (κ1) is 17.1. The van der Waals surface area contributed by atoms with E-state index in [4.69, 9.17) is 5.11 Å². The van der Waals surface area contributed by atoms with Crippen molar-refractivity contribution < 1.29 is 14.7 Å². The fraction of sp³-hybridized carbons (Fsp3) is 0.353. The molecule has 1 aromatic heterocycles. The molecule has 0 aliphatic rings. The van der Waals surface area contributed by atoms with Gasteiger partial charge in [-0.3, -0.25) is 4.79 Å². The van der Waals surface area contributed by atoms with Crippen molar-refractivity contribution in [1.82, 2.24) is 9.88 Å². The van der Waals surface area contributed by atoms with Crippen LogP contribution in [0.1, 0.15) is 32.2 Å². The summed E-state index contributed by atoms with van der Waals surface area (Å²) < 4.78 is 0. The lowest BCUT2D eigenvalue weighted by Crippen LogP contribution is -2.29. The minimum atomic E-state index is -0.940. The maximum atomic E-state index is 12.1. The number of hydrogen-bond acceptors (Lipinski definition) is 4. The molecule has 23 heavy (non-hydrogen) atoms. The molecule has 2 aromatic rings. The number of aromatic carboxylic acids is 1. The smallest absolute Gasteiger partial charge is 0.335 e. The minimum Gasteiger partial charge on any atom is -0.478 e. The number of hydrogen-bond donors (Lipinski definition) is 1. The third-order valence-electron chi connectivity index (χ3n) is 3.58. The van der Waals surface area contributed by atoms with Gasteiger partial charge in [0.2, 0.25) is 5.91 Å². The monoisotopic (exact) mass is 332 g/mol. The largest absolute Gasteiger partial charge is 0.478 e. The molecule has 2 rings (SSSR count). The van der Waals surface area contributed by atoms with Crippen molar-refractivity contribution in [3.8, 4) is 0 Å². The van der Waals surface area contributed by atoms with Crippen LogP contribution in [0.4, 0.5) is 0 Å². The molecular weight excluding hydrogens is 312 g/mol. The predicted octanol–water partition coefficient (Wildman–Crippen LogP) is 2.78. The summed E-state index contributed by atoms with van der Waals surface area (Å²) >= 11 is 1.66. The molecular formula is C17H20N2O3S. The lowest BCUT2D eigenvalue weighted by atomic mass is 10.1. The van der Waals surface area contributed by atoms with Gasteiger partial charge in [-0.2, -0.15) is 0 Å². The number of benzene rings is 1. The molecule has 0 spiro atoms. The number of carbonyl (C=O) groups excluding carboxylic acids is 1. The summed E-state index contributed by atoms with van der Waals surface area (Å²) in [4.78, 5) is 30.1. The van der Waals surface area contributed by atoms with Crippen LogP contribution in [0.5, 0.6) is 0 Å². The van der Waals surface area contributed by atoms with Crippen LogP contribution in [0.15, 0.2) is 30.5 Å². The van der Waals surface area contributed by atoms with Gasteiger partial charge in [0.25, 0.3) is 0 Å². The van der Waals surface area contributed by atoms with E-state index in [-0.39, 0.29) is 11.5 Å². The second kappa shape index (κ2) is 7.87. The number of nitrogens with zero attached hydrogens (tertiary/aromatic N) is 2. The Kier molecular flexibility index (Phi) is 5.87. The summed E-state index contributed by atoms with van der Waals surface area (Å²) in [5, 5.41) is 9.90. The Balaban J connectivity index is 1.78. The lowest BCUT2D eigenvalue weighted by Gasteiger charge is -2.16. The zero-order valence-corrected chi connectivity index (χ0v) is 14.1. The van der Waals surface area contributed by atoms with Gasteiger partial charge < -0.3 is 10.0 Å². The molecule has 6 heteroatoms. The second-order valence-electron chi connectivity index (χ2n) is 5.43. The summed E-state index contributed by atoms with van der Waals surface area (Å²) in [6.45, 7) is 2.68. The van der Waals surface area contributed by atoms with Crippen molar-refractivity contribution >= 4 is 23.2 Å². The fourth-order valence-corrected chi connectivity index (χ4v) is 2.94. The number of carboxylic acid groups (broad SMARTS) is 1. The van der Waals surface area contributed by atoms with E-state index in [0.717, 1.165) is 17.0 Å². The molecule has 0 saturated heterocycles. The van der Waals surface area contributed by atoms with Gasteiger partial charge in [0.15, 0.2) is 0 Å². The summed E-state index contributed by atoms with van der Waals surface area (Å²) in [6, 6.07) is 6.65. The zero-order chi connectivity index (χ0) is 16.8. The van der Waals surface area contributed by atoms with Gasteiger partial charge in [0, 0.05) is 37.5 Å². The minimum absolute atomic E-state index is 0.0839. The molecule has 0 aliphatic heterocycles. The van der Waals surface area contributed by atoms with E-state index in [1.54, 1.807) is 47.5 Å². The highest BCUT2D eigenvalue weighted by atomic mass is 32.1. The summed E-state index contributed by atoms with van der Waals surface area (Å²) in [7, 11) is 1.80. The first-order valence-corrected chi connectivity index (χ1v) is 8.25. The van der Waals surface area contributed by atoms with Crippen molar-refractivity contribution in [1.29, 1.82) is 0 Å². The standard InChI is InChI=1S/C17H20N2O3S/c1-12-11-18-15(23-12)9-10-19(2)16(20)8-5-13-3-6-14(7-4-13)17(21)22/h3-4,6-7,11H,5,8-10H2,1-2H3,(H,21,22). The maximum absolute atomic E-state index is 12.1. The van der Waals surface area contributed by atoms with E-state index in [2.05, 4.69) is 4.98 Å². The van der Waals surface area contributed by atoms with Gasteiger partial charge in [-0.15, -0.1) is 11.3 Å². The van der Waals surface area contributed by atoms with Crippen LogP contribution in [-0.2, 0) is 17.6 Å². The van der Waals surface area contributed by atoms with E-state index >= 15 is 0 Å². The molecule has 0 fully saturated rings. The Morgan fingerprint density at radius 1 is 1.22 bits per heavy atom. The topological polar surface area (TPSA) is 70.5 Å². The molecule has 0 atom stereocenters. The average molecular weight is 332 g/mol. The van der Waals surface area contributed by atoms with Gasteiger partial charge >= 0.3 is 5.97 Å². The number of amides is 1. The van der Waals surface area contributed by atoms with Crippen molar-refractivity contribution in [2.75, 3.05) is 13.6 Å². The van der Waals surface area contributed by atoms with E-state index in [1.165, 1.54) is 4.88 Å². The first-order valence-electron chi connectivity index (χ1n) is 7.43. The molecule has 1 N–H and O–H groups in total. The van der Waals surface area contributed by atoms with Crippen LogP contribution in [0.3, 0.4) is 0 Å². The molecule has 0 radical (unpaired) electrons. The van der Waals surface area contributed by atoms with Gasteiger partial charge in [-0.25, -0.2) is 9.78 Å². The van der Waals surface area contributed by atoms with E-state index in [1.807, 2.05) is 13.1 Å². The van der Waals surface area contributed by atoms with Crippen molar-refractivity contribution in [2.45, 2.75) is 26.2 Å². The highest BCUT2D eigenvalue weighted by Crippen LogP contribution is 2.12. The first-order chi connectivity index (χ1) is 11.0. The van der Waals surface area contributed by atoms with Crippen LogP contribution < -0.4 is 0 Å². The number of carbonyl (C=O) groups is 2. The van der Waals surface area contributed by atoms with E-state index < -0.39 is 5.97 Å². The molecule has 122 valence electrons. The second-order valence-corrected chi connectivity index (χ2v) is 6.75. The Morgan fingerprint density at radius 2 is 1.91 bits per heavy atom. The van der Waals surface area contributed by atoms with Crippen molar-refractivity contribution in [3.63, 3.8) is 0 Å². The number of aromatic nitrogens is 1. The highest BCUT2D eigenvalue weighted by molar-refractivity contribution is 7.11. The van der Waals surface area contributed by atoms with Gasteiger partial charge in [-0.05, 0) is 31.0 Å². The van der Waals surface area contributed by atoms with Crippen LogP contribution in [0.2, 0.25) is 0 Å². The number of thiazole rings is 1. The molecule has 0 aliphatic carbocycles. The molecule has 1 amide bonds.